The van der Waals surface area contributed by atoms with E-state index in [4.69, 9.17) is 10.6 Å². The lowest BCUT2D eigenvalue weighted by Gasteiger charge is -2.40. The van der Waals surface area contributed by atoms with Gasteiger partial charge in [0.05, 0.1) is 6.61 Å². The standard InChI is InChI=1S/C20H20F3N3O5S/c21-12-4-9(5-13(22)16(12)23)14(26-24)7-25-17-18(29)15(8-27)31-20(19(17)30)32-11-3-1-2-10(28)6-11/h1-7,15,17-20,27-30H,8,24H2/t15?,17?,18-,19?,20+/m0/s1. The van der Waals surface area contributed by atoms with Gasteiger partial charge >= 0.3 is 0 Å². The third kappa shape index (κ3) is 5.22. The number of hydrazone groups is 1. The summed E-state index contributed by atoms with van der Waals surface area (Å²) in [5, 5.41) is 43.7. The van der Waals surface area contributed by atoms with Crippen LogP contribution in [-0.2, 0) is 4.74 Å². The Morgan fingerprint density at radius 2 is 1.81 bits per heavy atom. The second-order valence-corrected chi connectivity index (χ2v) is 8.03. The van der Waals surface area contributed by atoms with E-state index in [1.807, 2.05) is 0 Å². The summed E-state index contributed by atoms with van der Waals surface area (Å²) in [6.07, 6.45) is -2.96. The van der Waals surface area contributed by atoms with Crippen LogP contribution in [0.4, 0.5) is 13.2 Å². The van der Waals surface area contributed by atoms with E-state index >= 15 is 0 Å². The van der Waals surface area contributed by atoms with Crippen LogP contribution in [0.1, 0.15) is 5.56 Å². The molecular weight excluding hydrogens is 451 g/mol. The summed E-state index contributed by atoms with van der Waals surface area (Å²) in [6, 6.07) is 6.26. The molecule has 0 spiro atoms. The Morgan fingerprint density at radius 3 is 2.41 bits per heavy atom. The van der Waals surface area contributed by atoms with Gasteiger partial charge in [-0.15, -0.1) is 0 Å². The molecule has 0 saturated carbocycles. The van der Waals surface area contributed by atoms with Crippen molar-refractivity contribution in [3.63, 3.8) is 0 Å². The fraction of sp³-hybridized carbons (Fsp3) is 0.300. The van der Waals surface area contributed by atoms with Gasteiger partial charge in [-0.2, -0.15) is 5.10 Å². The molecule has 3 unspecified atom stereocenters. The number of aliphatic hydroxyl groups excluding tert-OH is 3. The van der Waals surface area contributed by atoms with Gasteiger partial charge in [0.2, 0.25) is 0 Å². The first-order valence-electron chi connectivity index (χ1n) is 9.29. The van der Waals surface area contributed by atoms with Crippen molar-refractivity contribution < 1.29 is 38.3 Å². The fourth-order valence-corrected chi connectivity index (χ4v) is 4.19. The Hall–Kier alpha value is -2.64. The van der Waals surface area contributed by atoms with E-state index in [1.54, 1.807) is 12.1 Å². The maximum atomic E-state index is 13.5. The van der Waals surface area contributed by atoms with Crippen LogP contribution in [0.2, 0.25) is 0 Å². The molecule has 0 bridgehead atoms. The number of thioether (sulfide) groups is 1. The highest BCUT2D eigenvalue weighted by Crippen LogP contribution is 2.35. The predicted molar refractivity (Wildman–Crippen MR) is 111 cm³/mol. The summed E-state index contributed by atoms with van der Waals surface area (Å²) < 4.78 is 45.8. The summed E-state index contributed by atoms with van der Waals surface area (Å²) in [7, 11) is 0. The monoisotopic (exact) mass is 471 g/mol. The summed E-state index contributed by atoms with van der Waals surface area (Å²) in [5.41, 5.74) is -1.45. The van der Waals surface area contributed by atoms with Gasteiger partial charge in [-0.1, -0.05) is 17.8 Å². The number of aromatic hydroxyl groups is 1. The maximum Gasteiger partial charge on any atom is 0.194 e. The Morgan fingerprint density at radius 1 is 1.12 bits per heavy atom. The van der Waals surface area contributed by atoms with Crippen molar-refractivity contribution in [2.45, 2.75) is 34.7 Å². The number of nitrogens with two attached hydrogens (primary N) is 1. The van der Waals surface area contributed by atoms with E-state index < -0.39 is 53.8 Å². The third-order valence-corrected chi connectivity index (χ3v) is 5.85. The molecule has 1 aliphatic rings. The van der Waals surface area contributed by atoms with Crippen LogP contribution in [0.15, 0.2) is 51.4 Å². The fourth-order valence-electron chi connectivity index (χ4n) is 3.07. The molecule has 12 heteroatoms. The van der Waals surface area contributed by atoms with Gasteiger partial charge in [0.15, 0.2) is 17.5 Å². The van der Waals surface area contributed by atoms with E-state index in [9.17, 15) is 33.6 Å². The number of rotatable bonds is 6. The second-order valence-electron chi connectivity index (χ2n) is 6.86. The first-order valence-corrected chi connectivity index (χ1v) is 10.2. The highest BCUT2D eigenvalue weighted by molar-refractivity contribution is 7.99. The number of hydrogen-bond donors (Lipinski definition) is 5. The van der Waals surface area contributed by atoms with Crippen LogP contribution >= 0.6 is 11.8 Å². The normalized spacial score (nSPS) is 26.6. The third-order valence-electron chi connectivity index (χ3n) is 4.71. The van der Waals surface area contributed by atoms with Gasteiger partial charge in [0, 0.05) is 16.7 Å². The molecule has 2 aromatic carbocycles. The van der Waals surface area contributed by atoms with Crippen LogP contribution in [0.3, 0.4) is 0 Å². The number of aliphatic hydroxyl groups is 3. The number of nitrogens with zero attached hydrogens (tertiary/aromatic N) is 2. The van der Waals surface area contributed by atoms with E-state index in [0.29, 0.717) is 17.0 Å². The molecule has 0 aromatic heterocycles. The van der Waals surface area contributed by atoms with Crippen LogP contribution in [0.25, 0.3) is 0 Å². The zero-order chi connectivity index (χ0) is 23.4. The lowest BCUT2D eigenvalue weighted by molar-refractivity contribution is -0.159. The average molecular weight is 471 g/mol. The van der Waals surface area contributed by atoms with E-state index in [-0.39, 0.29) is 17.0 Å². The molecule has 172 valence electrons. The second kappa shape index (κ2) is 10.3. The van der Waals surface area contributed by atoms with E-state index in [0.717, 1.165) is 18.0 Å². The molecule has 0 aliphatic carbocycles. The number of hydrogen-bond acceptors (Lipinski definition) is 9. The zero-order valence-electron chi connectivity index (χ0n) is 16.3. The first kappa shape index (κ1) is 24.0. The molecule has 1 heterocycles. The molecule has 1 saturated heterocycles. The van der Waals surface area contributed by atoms with Crippen LogP contribution in [-0.4, -0.2) is 68.7 Å². The van der Waals surface area contributed by atoms with Gasteiger partial charge in [0.25, 0.3) is 0 Å². The number of ether oxygens (including phenoxy) is 1. The molecular formula is C20H20F3N3O5S. The van der Waals surface area contributed by atoms with Crippen molar-refractivity contribution in [1.82, 2.24) is 0 Å². The summed E-state index contributed by atoms with van der Waals surface area (Å²) in [4.78, 5) is 4.60. The number of phenolic OH excluding ortho intramolecular Hbond substituents is 1. The average Bonchev–Trinajstić information content (AvgIpc) is 2.76. The lowest BCUT2D eigenvalue weighted by Crippen LogP contribution is -2.56. The van der Waals surface area contributed by atoms with Crippen LogP contribution in [0.5, 0.6) is 5.75 Å². The predicted octanol–water partition coefficient (Wildman–Crippen LogP) is 1.14. The quantitative estimate of drug-likeness (QED) is 0.184. The summed E-state index contributed by atoms with van der Waals surface area (Å²) in [5.74, 6) is 0.695. The highest BCUT2D eigenvalue weighted by atomic mass is 32.2. The molecule has 0 amide bonds. The minimum atomic E-state index is -1.66. The summed E-state index contributed by atoms with van der Waals surface area (Å²) in [6.45, 7) is -0.580. The van der Waals surface area contributed by atoms with Gasteiger partial charge in [0.1, 0.15) is 41.3 Å². The molecule has 0 radical (unpaired) electrons. The van der Waals surface area contributed by atoms with E-state index in [1.165, 1.54) is 12.1 Å². The molecule has 6 N–H and O–H groups in total. The molecule has 1 aliphatic heterocycles. The van der Waals surface area contributed by atoms with Gasteiger partial charge in [-0.25, -0.2) is 13.2 Å². The number of aliphatic imine (C=N–C) groups is 1. The molecule has 1 fully saturated rings. The van der Waals surface area contributed by atoms with Gasteiger partial charge in [-0.3, -0.25) is 4.99 Å². The van der Waals surface area contributed by atoms with Crippen molar-refractivity contribution in [2.75, 3.05) is 6.61 Å². The Labute approximate surface area is 184 Å². The topological polar surface area (TPSA) is 141 Å². The van der Waals surface area contributed by atoms with Crippen molar-refractivity contribution in [2.24, 2.45) is 15.9 Å². The molecule has 32 heavy (non-hydrogen) atoms. The maximum absolute atomic E-state index is 13.5. The Kier molecular flexibility index (Phi) is 7.74. The zero-order valence-corrected chi connectivity index (χ0v) is 17.2. The molecule has 3 rings (SSSR count). The number of benzene rings is 2. The highest BCUT2D eigenvalue weighted by Gasteiger charge is 2.44. The van der Waals surface area contributed by atoms with Crippen LogP contribution in [0, 0.1) is 17.5 Å². The Bertz CT molecular complexity index is 1000. The van der Waals surface area contributed by atoms with Crippen molar-refractivity contribution in [3.05, 3.63) is 59.4 Å². The summed E-state index contributed by atoms with van der Waals surface area (Å²) >= 11 is 1.03. The Balaban J connectivity index is 1.85. The first-order chi connectivity index (χ1) is 15.2. The van der Waals surface area contributed by atoms with Gasteiger partial charge < -0.3 is 31.0 Å². The molecule has 8 nitrogen and oxygen atoms in total. The van der Waals surface area contributed by atoms with Crippen molar-refractivity contribution in [3.8, 4) is 5.75 Å². The minimum Gasteiger partial charge on any atom is -0.508 e. The van der Waals surface area contributed by atoms with E-state index in [2.05, 4.69) is 10.1 Å². The van der Waals surface area contributed by atoms with Crippen LogP contribution < -0.4 is 5.84 Å². The van der Waals surface area contributed by atoms with Gasteiger partial charge in [-0.05, 0) is 30.3 Å². The van der Waals surface area contributed by atoms with Crippen molar-refractivity contribution in [1.29, 1.82) is 0 Å². The number of halogens is 3. The largest absolute Gasteiger partial charge is 0.508 e. The molecule has 5 atom stereocenters. The molecule has 2 aromatic rings. The number of phenols is 1. The van der Waals surface area contributed by atoms with Crippen molar-refractivity contribution >= 4 is 23.7 Å². The SMILES string of the molecule is NN=C(C=NC1C(O)[C@@H](Sc2cccc(O)c2)OC(CO)[C@@H]1O)c1cc(F)c(F)c(F)c1. The lowest BCUT2D eigenvalue weighted by atomic mass is 9.98. The minimum absolute atomic E-state index is 0.00354. The smallest absolute Gasteiger partial charge is 0.194 e.